The third-order valence-corrected chi connectivity index (χ3v) is 5.05. The molecule has 4 nitrogen and oxygen atoms in total. The zero-order valence-corrected chi connectivity index (χ0v) is 11.0. The highest BCUT2D eigenvalue weighted by Gasteiger charge is 2.59. The minimum Gasteiger partial charge on any atom is -0.382 e. The Balaban J connectivity index is 2.38. The van der Waals surface area contributed by atoms with Crippen molar-refractivity contribution in [2.24, 2.45) is 0 Å². The van der Waals surface area contributed by atoms with Crippen molar-refractivity contribution in [2.45, 2.75) is 31.5 Å². The molecule has 0 aliphatic carbocycles. The molecule has 1 saturated heterocycles. The summed E-state index contributed by atoms with van der Waals surface area (Å²) in [6, 6.07) is 8.34. The first kappa shape index (κ1) is 12.5. The van der Waals surface area contributed by atoms with Gasteiger partial charge in [0.1, 0.15) is 5.60 Å². The number of benzene rings is 1. The summed E-state index contributed by atoms with van der Waals surface area (Å²) in [6.45, 7) is 3.46. The smallest absolute Gasteiger partial charge is 0.211 e. The van der Waals surface area contributed by atoms with Gasteiger partial charge in [0.05, 0.1) is 18.3 Å². The van der Waals surface area contributed by atoms with Crippen LogP contribution in [0, 0.1) is 0 Å². The summed E-state index contributed by atoms with van der Waals surface area (Å²) < 4.78 is 24.5. The molecule has 2 rings (SSSR count). The first-order valence-corrected chi connectivity index (χ1v) is 7.41. The van der Waals surface area contributed by atoms with Gasteiger partial charge >= 0.3 is 0 Å². The lowest BCUT2D eigenvalue weighted by Crippen LogP contribution is -2.73. The van der Waals surface area contributed by atoms with Gasteiger partial charge in [-0.1, -0.05) is 30.3 Å². The number of nitrogens with zero attached hydrogens (tertiary/aromatic N) is 1. The van der Waals surface area contributed by atoms with E-state index in [1.165, 1.54) is 10.6 Å². The van der Waals surface area contributed by atoms with Crippen molar-refractivity contribution in [2.75, 3.05) is 6.26 Å². The van der Waals surface area contributed by atoms with E-state index >= 15 is 0 Å². The van der Waals surface area contributed by atoms with Gasteiger partial charge in [-0.2, -0.15) is 4.31 Å². The molecule has 1 aliphatic rings. The average molecular weight is 255 g/mol. The van der Waals surface area contributed by atoms with E-state index in [2.05, 4.69) is 0 Å². The van der Waals surface area contributed by atoms with E-state index in [0.29, 0.717) is 0 Å². The summed E-state index contributed by atoms with van der Waals surface area (Å²) in [5.41, 5.74) is -0.329. The minimum atomic E-state index is -3.27. The first-order valence-electron chi connectivity index (χ1n) is 5.56. The zero-order valence-electron chi connectivity index (χ0n) is 10.2. The second-order valence-corrected chi connectivity index (χ2v) is 6.52. The molecular formula is C12H17NO3S. The maximum atomic E-state index is 11.6. The molecule has 0 amide bonds. The predicted octanol–water partition coefficient (Wildman–Crippen LogP) is 0.926. The molecule has 2 unspecified atom stereocenters. The van der Waals surface area contributed by atoms with Crippen molar-refractivity contribution in [1.82, 2.24) is 4.31 Å². The summed E-state index contributed by atoms with van der Waals surface area (Å²) in [7, 11) is -3.27. The lowest BCUT2D eigenvalue weighted by Gasteiger charge is -2.57. The quantitative estimate of drug-likeness (QED) is 0.855. The van der Waals surface area contributed by atoms with Crippen molar-refractivity contribution in [1.29, 1.82) is 0 Å². The monoisotopic (exact) mass is 255 g/mol. The molecule has 5 heteroatoms. The Hall–Kier alpha value is -0.910. The van der Waals surface area contributed by atoms with Crippen molar-refractivity contribution in [3.8, 4) is 0 Å². The Morgan fingerprint density at radius 3 is 2.06 bits per heavy atom. The maximum absolute atomic E-state index is 11.6. The van der Waals surface area contributed by atoms with Crippen molar-refractivity contribution in [3.63, 3.8) is 0 Å². The van der Waals surface area contributed by atoms with Gasteiger partial charge in [-0.25, -0.2) is 8.42 Å². The molecule has 0 saturated carbocycles. The van der Waals surface area contributed by atoms with E-state index in [9.17, 15) is 13.5 Å². The second kappa shape index (κ2) is 3.80. The molecule has 0 bridgehead atoms. The molecule has 17 heavy (non-hydrogen) atoms. The lowest BCUT2D eigenvalue weighted by molar-refractivity contribution is -0.156. The first-order chi connectivity index (χ1) is 7.79. The molecule has 1 aliphatic heterocycles. The highest BCUT2D eigenvalue weighted by molar-refractivity contribution is 7.88. The summed E-state index contributed by atoms with van der Waals surface area (Å²) in [5, 5.41) is 10.6. The average Bonchev–Trinajstić information content (AvgIpc) is 2.27. The van der Waals surface area contributed by atoms with Crippen LogP contribution in [0.15, 0.2) is 30.3 Å². The van der Waals surface area contributed by atoms with Crippen molar-refractivity contribution in [3.05, 3.63) is 35.9 Å². The van der Waals surface area contributed by atoms with Crippen molar-refractivity contribution < 1.29 is 13.5 Å². The molecular weight excluding hydrogens is 238 g/mol. The molecule has 1 aromatic rings. The lowest BCUT2D eigenvalue weighted by atomic mass is 9.74. The second-order valence-electron chi connectivity index (χ2n) is 4.64. The highest BCUT2D eigenvalue weighted by atomic mass is 32.2. The summed E-state index contributed by atoms with van der Waals surface area (Å²) in [6.07, 6.45) is 1.17. The van der Waals surface area contributed by atoms with Gasteiger partial charge in [0.2, 0.25) is 10.0 Å². The van der Waals surface area contributed by atoms with Crippen LogP contribution in [-0.4, -0.2) is 36.2 Å². The molecule has 1 heterocycles. The predicted molar refractivity (Wildman–Crippen MR) is 65.9 cm³/mol. The third kappa shape index (κ3) is 1.69. The molecule has 0 aromatic heterocycles. The molecule has 1 N–H and O–H groups in total. The molecule has 94 valence electrons. The van der Waals surface area contributed by atoms with Gasteiger partial charge in [-0.15, -0.1) is 0 Å². The topological polar surface area (TPSA) is 57.6 Å². The fraction of sp³-hybridized carbons (Fsp3) is 0.500. The summed E-state index contributed by atoms with van der Waals surface area (Å²) in [4.78, 5) is 0. The third-order valence-electron chi connectivity index (χ3n) is 3.66. The van der Waals surface area contributed by atoms with Crippen LogP contribution < -0.4 is 0 Å². The fourth-order valence-corrected chi connectivity index (χ4v) is 4.22. The van der Waals surface area contributed by atoms with Crippen LogP contribution in [0.25, 0.3) is 0 Å². The number of hydrogen-bond donors (Lipinski definition) is 1. The van der Waals surface area contributed by atoms with Gasteiger partial charge in [0.15, 0.2) is 0 Å². The standard InChI is InChI=1S/C12H17NO3S/c1-9-12(14,11-7-5-4-6-8-11)10(2)13(9)17(3,15)16/h4-10,14H,1-3H3. The SMILES string of the molecule is CC1N(S(C)(=O)=O)C(C)C1(O)c1ccccc1. The molecule has 2 atom stereocenters. The van der Waals surface area contributed by atoms with Crippen LogP contribution in [0.1, 0.15) is 19.4 Å². The Morgan fingerprint density at radius 1 is 1.18 bits per heavy atom. The number of rotatable bonds is 2. The zero-order chi connectivity index (χ0) is 12.8. The van der Waals surface area contributed by atoms with E-state index < -0.39 is 27.7 Å². The van der Waals surface area contributed by atoms with E-state index in [4.69, 9.17) is 0 Å². The largest absolute Gasteiger partial charge is 0.382 e. The Labute approximate surface area is 102 Å². The Kier molecular flexibility index (Phi) is 2.80. The van der Waals surface area contributed by atoms with Crippen LogP contribution in [0.5, 0.6) is 0 Å². The summed E-state index contributed by atoms with van der Waals surface area (Å²) in [5.74, 6) is 0. The number of hydrogen-bond acceptors (Lipinski definition) is 3. The Bertz CT molecular complexity index is 502. The number of sulfonamides is 1. The van der Waals surface area contributed by atoms with Gasteiger partial charge in [-0.3, -0.25) is 0 Å². The van der Waals surface area contributed by atoms with Crippen LogP contribution >= 0.6 is 0 Å². The van der Waals surface area contributed by atoms with E-state index in [1.807, 2.05) is 30.3 Å². The van der Waals surface area contributed by atoms with Gasteiger partial charge in [-0.05, 0) is 19.4 Å². The van der Waals surface area contributed by atoms with Gasteiger partial charge in [0, 0.05) is 0 Å². The highest BCUT2D eigenvalue weighted by Crippen LogP contribution is 2.45. The number of aliphatic hydroxyl groups is 1. The van der Waals surface area contributed by atoms with E-state index in [-0.39, 0.29) is 0 Å². The van der Waals surface area contributed by atoms with E-state index in [0.717, 1.165) is 5.56 Å². The van der Waals surface area contributed by atoms with Gasteiger partial charge < -0.3 is 5.11 Å². The normalized spacial score (nSPS) is 34.4. The molecule has 0 spiro atoms. The van der Waals surface area contributed by atoms with Gasteiger partial charge in [0.25, 0.3) is 0 Å². The molecule has 0 radical (unpaired) electrons. The van der Waals surface area contributed by atoms with Crippen LogP contribution in [0.2, 0.25) is 0 Å². The fourth-order valence-electron chi connectivity index (χ4n) is 2.75. The van der Waals surface area contributed by atoms with Crippen molar-refractivity contribution >= 4 is 10.0 Å². The van der Waals surface area contributed by atoms with Crippen LogP contribution in [0.4, 0.5) is 0 Å². The van der Waals surface area contributed by atoms with Crippen LogP contribution in [-0.2, 0) is 15.6 Å². The maximum Gasteiger partial charge on any atom is 0.211 e. The molecule has 1 aromatic carbocycles. The Morgan fingerprint density at radius 2 is 1.65 bits per heavy atom. The van der Waals surface area contributed by atoms with E-state index in [1.54, 1.807) is 13.8 Å². The summed E-state index contributed by atoms with van der Waals surface area (Å²) >= 11 is 0. The van der Waals surface area contributed by atoms with Crippen LogP contribution in [0.3, 0.4) is 0 Å². The minimum absolute atomic E-state index is 0.435. The molecule has 1 fully saturated rings.